The van der Waals surface area contributed by atoms with Gasteiger partial charge in [-0.3, -0.25) is 4.79 Å². The van der Waals surface area contributed by atoms with E-state index in [1.165, 1.54) is 5.32 Å². The standard InChI is InChI=1S/C13H12F6N2O4/c1-7(22)20-11(10(23)24-2,12(14,15)16)21-8-3-5-9(6-4-8)25-13(17,18)19/h3-6,21H,1-2H3,(H,20,22)/t11-/m1/s1. The lowest BCUT2D eigenvalue weighted by atomic mass is 10.1. The van der Waals surface area contributed by atoms with Crippen molar-refractivity contribution in [1.82, 2.24) is 5.32 Å². The van der Waals surface area contributed by atoms with Gasteiger partial charge in [0, 0.05) is 12.6 Å². The summed E-state index contributed by atoms with van der Waals surface area (Å²) in [6, 6.07) is 3.04. The second-order valence-corrected chi connectivity index (χ2v) is 4.62. The third kappa shape index (κ3) is 5.16. The number of halogens is 6. The highest BCUT2D eigenvalue weighted by Gasteiger charge is 2.63. The summed E-state index contributed by atoms with van der Waals surface area (Å²) in [7, 11) is 0.673. The highest BCUT2D eigenvalue weighted by atomic mass is 19.4. The maximum atomic E-state index is 13.4. The number of hydrogen-bond acceptors (Lipinski definition) is 5. The fraction of sp³-hybridized carbons (Fsp3) is 0.385. The van der Waals surface area contributed by atoms with Crippen LogP contribution in [0.5, 0.6) is 5.75 Å². The molecule has 1 rings (SSSR count). The Balaban J connectivity index is 3.21. The first kappa shape index (κ1) is 20.4. The second-order valence-electron chi connectivity index (χ2n) is 4.62. The van der Waals surface area contributed by atoms with Gasteiger partial charge in [-0.25, -0.2) is 4.79 Å². The molecular formula is C13H12F6N2O4. The largest absolute Gasteiger partial charge is 0.573 e. The minimum atomic E-state index is -5.33. The molecule has 2 N–H and O–H groups in total. The van der Waals surface area contributed by atoms with Crippen molar-refractivity contribution >= 4 is 17.6 Å². The predicted molar refractivity (Wildman–Crippen MR) is 71.4 cm³/mol. The van der Waals surface area contributed by atoms with Crippen LogP contribution in [0.15, 0.2) is 24.3 Å². The van der Waals surface area contributed by atoms with Crippen LogP contribution >= 0.6 is 0 Å². The molecule has 25 heavy (non-hydrogen) atoms. The lowest BCUT2D eigenvalue weighted by Gasteiger charge is -2.34. The fourth-order valence-corrected chi connectivity index (χ4v) is 1.76. The van der Waals surface area contributed by atoms with E-state index in [1.54, 1.807) is 5.32 Å². The maximum Gasteiger partial charge on any atom is 0.573 e. The number of ether oxygens (including phenoxy) is 2. The van der Waals surface area contributed by atoms with Gasteiger partial charge in [0.15, 0.2) is 0 Å². The van der Waals surface area contributed by atoms with E-state index in [2.05, 4.69) is 9.47 Å². The molecule has 0 bridgehead atoms. The molecule has 0 saturated heterocycles. The SMILES string of the molecule is COC(=O)[C@@](NC(C)=O)(Nc1ccc(OC(F)(F)F)cc1)C(F)(F)F. The number of carbonyl (C=O) groups excluding carboxylic acids is 2. The lowest BCUT2D eigenvalue weighted by molar-refractivity contribution is -0.274. The van der Waals surface area contributed by atoms with Crippen molar-refractivity contribution in [2.75, 3.05) is 12.4 Å². The molecule has 0 aliphatic rings. The molecule has 0 aromatic heterocycles. The summed E-state index contributed by atoms with van der Waals surface area (Å²) in [5.74, 6) is -3.76. The van der Waals surface area contributed by atoms with Crippen LogP contribution in [0, 0.1) is 0 Å². The zero-order valence-corrected chi connectivity index (χ0v) is 12.7. The van der Waals surface area contributed by atoms with Crippen molar-refractivity contribution in [2.45, 2.75) is 25.1 Å². The van der Waals surface area contributed by atoms with Crippen LogP contribution < -0.4 is 15.4 Å². The summed E-state index contributed by atoms with van der Waals surface area (Å²) >= 11 is 0. The molecule has 6 nitrogen and oxygen atoms in total. The molecule has 1 aromatic carbocycles. The molecule has 0 fully saturated rings. The Bertz CT molecular complexity index is 629. The number of carbonyl (C=O) groups is 2. The van der Waals surface area contributed by atoms with E-state index < -0.39 is 41.5 Å². The average Bonchev–Trinajstić information content (AvgIpc) is 2.44. The Labute approximate surface area is 137 Å². The van der Waals surface area contributed by atoms with Gasteiger partial charge in [-0.1, -0.05) is 0 Å². The van der Waals surface area contributed by atoms with Gasteiger partial charge in [-0.15, -0.1) is 13.2 Å². The van der Waals surface area contributed by atoms with Crippen LogP contribution in [0.2, 0.25) is 0 Å². The van der Waals surface area contributed by atoms with E-state index in [0.717, 1.165) is 31.2 Å². The van der Waals surface area contributed by atoms with Crippen LogP contribution in [0.1, 0.15) is 6.92 Å². The molecule has 0 spiro atoms. The van der Waals surface area contributed by atoms with Crippen LogP contribution in [0.3, 0.4) is 0 Å². The summed E-state index contributed by atoms with van der Waals surface area (Å²) in [6.45, 7) is 0.741. The zero-order valence-electron chi connectivity index (χ0n) is 12.7. The van der Waals surface area contributed by atoms with Gasteiger partial charge in [0.05, 0.1) is 7.11 Å². The minimum absolute atomic E-state index is 0.425. The van der Waals surface area contributed by atoms with Crippen molar-refractivity contribution in [1.29, 1.82) is 0 Å². The van der Waals surface area contributed by atoms with Gasteiger partial charge in [-0.05, 0) is 24.3 Å². The number of alkyl halides is 6. The van der Waals surface area contributed by atoms with Gasteiger partial charge in [0.1, 0.15) is 5.75 Å². The lowest BCUT2D eigenvalue weighted by Crippen LogP contribution is -2.69. The molecule has 0 unspecified atom stereocenters. The van der Waals surface area contributed by atoms with E-state index in [4.69, 9.17) is 0 Å². The van der Waals surface area contributed by atoms with Crippen molar-refractivity contribution in [3.05, 3.63) is 24.3 Å². The van der Waals surface area contributed by atoms with Gasteiger partial charge in [0.25, 0.3) is 0 Å². The first-order chi connectivity index (χ1) is 11.3. The summed E-state index contributed by atoms with van der Waals surface area (Å²) in [5, 5.41) is 3.16. The Morgan fingerprint density at radius 3 is 1.88 bits per heavy atom. The van der Waals surface area contributed by atoms with E-state index in [0.29, 0.717) is 7.11 Å². The fourth-order valence-electron chi connectivity index (χ4n) is 1.76. The zero-order chi connectivity index (χ0) is 19.5. The average molecular weight is 374 g/mol. The van der Waals surface area contributed by atoms with E-state index in [9.17, 15) is 35.9 Å². The molecule has 0 aliphatic carbocycles. The minimum Gasteiger partial charge on any atom is -0.466 e. The number of anilines is 1. The molecule has 1 aromatic rings. The molecule has 1 amide bonds. The van der Waals surface area contributed by atoms with Crippen LogP contribution in [-0.2, 0) is 14.3 Å². The molecular weight excluding hydrogens is 362 g/mol. The monoisotopic (exact) mass is 374 g/mol. The van der Waals surface area contributed by atoms with Gasteiger partial charge < -0.3 is 20.1 Å². The van der Waals surface area contributed by atoms with Crippen molar-refractivity contribution in [3.63, 3.8) is 0 Å². The van der Waals surface area contributed by atoms with E-state index in [-0.39, 0.29) is 0 Å². The third-order valence-corrected chi connectivity index (χ3v) is 2.70. The van der Waals surface area contributed by atoms with E-state index >= 15 is 0 Å². The Morgan fingerprint density at radius 2 is 1.52 bits per heavy atom. The highest BCUT2D eigenvalue weighted by molar-refractivity contribution is 5.90. The molecule has 140 valence electrons. The first-order valence-electron chi connectivity index (χ1n) is 6.38. The van der Waals surface area contributed by atoms with Crippen LogP contribution in [-0.4, -0.2) is 37.2 Å². The van der Waals surface area contributed by atoms with Crippen LogP contribution in [0.25, 0.3) is 0 Å². The topological polar surface area (TPSA) is 76.7 Å². The number of nitrogens with one attached hydrogen (secondary N) is 2. The quantitative estimate of drug-likeness (QED) is 0.471. The molecule has 0 heterocycles. The molecule has 0 saturated carbocycles. The van der Waals surface area contributed by atoms with Crippen LogP contribution in [0.4, 0.5) is 32.0 Å². The van der Waals surface area contributed by atoms with Crippen molar-refractivity contribution in [3.8, 4) is 5.75 Å². The summed E-state index contributed by atoms with van der Waals surface area (Å²) in [5.41, 5.74) is -4.05. The smallest absolute Gasteiger partial charge is 0.466 e. The number of amides is 1. The number of esters is 1. The Kier molecular flexibility index (Phi) is 5.76. The Hall–Kier alpha value is -2.66. The van der Waals surface area contributed by atoms with Crippen molar-refractivity contribution in [2.24, 2.45) is 0 Å². The van der Waals surface area contributed by atoms with Gasteiger partial charge >= 0.3 is 24.2 Å². The molecule has 12 heteroatoms. The summed E-state index contributed by atoms with van der Waals surface area (Å²) < 4.78 is 84.1. The summed E-state index contributed by atoms with van der Waals surface area (Å²) in [6.07, 6.45) is -10.3. The first-order valence-corrected chi connectivity index (χ1v) is 6.38. The second kappa shape index (κ2) is 7.07. The van der Waals surface area contributed by atoms with Crippen molar-refractivity contribution < 1.29 is 45.4 Å². The molecule has 1 atom stereocenters. The maximum absolute atomic E-state index is 13.4. The number of methoxy groups -OCH3 is 1. The van der Waals surface area contributed by atoms with Gasteiger partial charge in [-0.2, -0.15) is 13.2 Å². The number of hydrogen-bond donors (Lipinski definition) is 2. The third-order valence-electron chi connectivity index (χ3n) is 2.70. The Morgan fingerprint density at radius 1 is 1.00 bits per heavy atom. The highest BCUT2D eigenvalue weighted by Crippen LogP contribution is 2.33. The number of rotatable bonds is 5. The van der Waals surface area contributed by atoms with Gasteiger partial charge in [0.2, 0.25) is 5.91 Å². The number of benzene rings is 1. The normalized spacial score (nSPS) is 14.2. The van der Waals surface area contributed by atoms with E-state index in [1.807, 2.05) is 0 Å². The summed E-state index contributed by atoms with van der Waals surface area (Å²) in [4.78, 5) is 22.8. The predicted octanol–water partition coefficient (Wildman–Crippen LogP) is 2.56. The molecule has 0 aliphatic heterocycles. The molecule has 0 radical (unpaired) electrons.